The van der Waals surface area contributed by atoms with Crippen LogP contribution in [0.25, 0.3) is 11.0 Å². The van der Waals surface area contributed by atoms with Crippen LogP contribution in [-0.4, -0.2) is 43.6 Å². The van der Waals surface area contributed by atoms with Crippen molar-refractivity contribution in [2.45, 2.75) is 26.7 Å². The van der Waals surface area contributed by atoms with Gasteiger partial charge in [0.2, 0.25) is 0 Å². The summed E-state index contributed by atoms with van der Waals surface area (Å²) in [6, 6.07) is 5.43. The lowest BCUT2D eigenvalue weighted by molar-refractivity contribution is -0.152. The molecule has 0 saturated carbocycles. The molecule has 3 rings (SSSR count). The van der Waals surface area contributed by atoms with E-state index in [2.05, 4.69) is 13.8 Å². The van der Waals surface area contributed by atoms with Crippen molar-refractivity contribution < 1.29 is 23.5 Å². The summed E-state index contributed by atoms with van der Waals surface area (Å²) in [6.07, 6.45) is 2.74. The van der Waals surface area contributed by atoms with Gasteiger partial charge < -0.3 is 18.8 Å². The van der Waals surface area contributed by atoms with Gasteiger partial charge in [-0.1, -0.05) is 13.8 Å². The van der Waals surface area contributed by atoms with Crippen molar-refractivity contribution in [2.75, 3.05) is 26.8 Å². The van der Waals surface area contributed by atoms with Gasteiger partial charge in [0.05, 0.1) is 19.8 Å². The zero-order chi connectivity index (χ0) is 18.7. The second kappa shape index (κ2) is 7.81. The SMILES string of the molecule is COc1ccc2c(CC(=O)OCC(=O)N3C[C@H](C)C[C@@H](C)C3)coc2c1. The molecule has 0 radical (unpaired) electrons. The molecule has 1 fully saturated rings. The first-order chi connectivity index (χ1) is 12.5. The largest absolute Gasteiger partial charge is 0.497 e. The Morgan fingerprint density at radius 1 is 1.23 bits per heavy atom. The summed E-state index contributed by atoms with van der Waals surface area (Å²) in [6.45, 7) is 5.54. The highest BCUT2D eigenvalue weighted by Gasteiger charge is 2.26. The van der Waals surface area contributed by atoms with Crippen molar-refractivity contribution in [1.29, 1.82) is 0 Å². The van der Waals surface area contributed by atoms with E-state index < -0.39 is 5.97 Å². The van der Waals surface area contributed by atoms with Crippen LogP contribution in [0.1, 0.15) is 25.8 Å². The number of furan rings is 1. The molecule has 0 bridgehead atoms. The molecular weight excluding hydrogens is 334 g/mol. The average Bonchev–Trinajstić information content (AvgIpc) is 3.00. The highest BCUT2D eigenvalue weighted by Crippen LogP contribution is 2.26. The average molecular weight is 359 g/mol. The molecule has 1 aliphatic heterocycles. The molecule has 6 heteroatoms. The Kier molecular flexibility index (Phi) is 5.49. The molecule has 0 aliphatic carbocycles. The van der Waals surface area contributed by atoms with E-state index >= 15 is 0 Å². The molecule has 2 atom stereocenters. The molecule has 1 aromatic heterocycles. The number of ether oxygens (including phenoxy) is 2. The molecule has 0 unspecified atom stereocenters. The minimum atomic E-state index is -0.435. The Hall–Kier alpha value is -2.50. The predicted molar refractivity (Wildman–Crippen MR) is 97.0 cm³/mol. The monoisotopic (exact) mass is 359 g/mol. The summed E-state index contributed by atoms with van der Waals surface area (Å²) in [5, 5.41) is 0.841. The van der Waals surface area contributed by atoms with Crippen molar-refractivity contribution in [3.8, 4) is 5.75 Å². The maximum Gasteiger partial charge on any atom is 0.310 e. The third-order valence-electron chi connectivity index (χ3n) is 4.78. The van der Waals surface area contributed by atoms with Crippen molar-refractivity contribution in [2.24, 2.45) is 11.8 Å². The number of nitrogens with zero attached hydrogens (tertiary/aromatic N) is 1. The van der Waals surface area contributed by atoms with E-state index in [1.165, 1.54) is 0 Å². The Labute approximate surface area is 153 Å². The number of methoxy groups -OCH3 is 1. The quantitative estimate of drug-likeness (QED) is 0.768. The number of hydrogen-bond donors (Lipinski definition) is 0. The van der Waals surface area contributed by atoms with Gasteiger partial charge in [-0.15, -0.1) is 0 Å². The Bertz CT molecular complexity index is 787. The number of fused-ring (bicyclic) bond motifs is 1. The molecule has 6 nitrogen and oxygen atoms in total. The van der Waals surface area contributed by atoms with Gasteiger partial charge in [0.25, 0.3) is 5.91 Å². The number of esters is 1. The van der Waals surface area contributed by atoms with Gasteiger partial charge in [-0.2, -0.15) is 0 Å². The minimum absolute atomic E-state index is 0.0689. The highest BCUT2D eigenvalue weighted by atomic mass is 16.5. The van der Waals surface area contributed by atoms with E-state index in [1.807, 2.05) is 12.1 Å². The van der Waals surface area contributed by atoms with Crippen LogP contribution in [0.3, 0.4) is 0 Å². The molecule has 0 N–H and O–H groups in total. The molecule has 2 aromatic rings. The number of amides is 1. The summed E-state index contributed by atoms with van der Waals surface area (Å²) < 4.78 is 15.8. The van der Waals surface area contributed by atoms with Gasteiger partial charge in [0, 0.05) is 30.1 Å². The summed E-state index contributed by atoms with van der Waals surface area (Å²) in [4.78, 5) is 26.2. The van der Waals surface area contributed by atoms with Gasteiger partial charge in [0.15, 0.2) is 6.61 Å². The smallest absolute Gasteiger partial charge is 0.310 e. The summed E-state index contributed by atoms with van der Waals surface area (Å²) >= 11 is 0. The van der Waals surface area contributed by atoms with Gasteiger partial charge in [-0.3, -0.25) is 9.59 Å². The van der Waals surface area contributed by atoms with Crippen molar-refractivity contribution in [3.05, 3.63) is 30.0 Å². The van der Waals surface area contributed by atoms with Crippen molar-refractivity contribution in [1.82, 2.24) is 4.90 Å². The van der Waals surface area contributed by atoms with E-state index in [-0.39, 0.29) is 18.9 Å². The fraction of sp³-hybridized carbons (Fsp3) is 0.500. The van der Waals surface area contributed by atoms with Gasteiger partial charge in [-0.25, -0.2) is 0 Å². The molecule has 1 aliphatic rings. The van der Waals surface area contributed by atoms with Crippen LogP contribution in [0.2, 0.25) is 0 Å². The van der Waals surface area contributed by atoms with Crippen LogP contribution < -0.4 is 4.74 Å². The van der Waals surface area contributed by atoms with Gasteiger partial charge >= 0.3 is 5.97 Å². The zero-order valence-electron chi connectivity index (χ0n) is 15.5. The lowest BCUT2D eigenvalue weighted by Gasteiger charge is -2.34. The van der Waals surface area contributed by atoms with E-state index in [9.17, 15) is 9.59 Å². The van der Waals surface area contributed by atoms with E-state index in [0.717, 1.165) is 30.5 Å². The molecule has 140 valence electrons. The van der Waals surface area contributed by atoms with Crippen LogP contribution in [-0.2, 0) is 20.7 Å². The topological polar surface area (TPSA) is 69.0 Å². The Morgan fingerprint density at radius 3 is 2.65 bits per heavy atom. The minimum Gasteiger partial charge on any atom is -0.497 e. The molecule has 2 heterocycles. The third-order valence-corrected chi connectivity index (χ3v) is 4.78. The standard InChI is InChI=1S/C20H25NO5/c1-13-6-14(2)10-21(9-13)19(22)12-26-20(23)7-15-11-25-18-8-16(24-3)4-5-17(15)18/h4-5,8,11,13-14H,6-7,9-10,12H2,1-3H3/t13-,14-/m1/s1. The maximum atomic E-state index is 12.3. The number of likely N-dealkylation sites (tertiary alicyclic amines) is 1. The van der Waals surface area contributed by atoms with Crippen molar-refractivity contribution >= 4 is 22.8 Å². The molecular formula is C20H25NO5. The Morgan fingerprint density at radius 2 is 1.96 bits per heavy atom. The predicted octanol–water partition coefficient (Wildman–Crippen LogP) is 3.03. The molecule has 1 amide bonds. The fourth-order valence-corrected chi connectivity index (χ4v) is 3.63. The number of piperidine rings is 1. The number of carbonyl (C=O) groups excluding carboxylic acids is 2. The van der Waals surface area contributed by atoms with Crippen LogP contribution in [0, 0.1) is 11.8 Å². The first-order valence-electron chi connectivity index (χ1n) is 8.93. The van der Waals surface area contributed by atoms with E-state index in [1.54, 1.807) is 24.3 Å². The van der Waals surface area contributed by atoms with Crippen LogP contribution in [0.5, 0.6) is 5.75 Å². The second-order valence-electron chi connectivity index (χ2n) is 7.21. The first kappa shape index (κ1) is 18.3. The van der Waals surface area contributed by atoms with Crippen molar-refractivity contribution in [3.63, 3.8) is 0 Å². The fourth-order valence-electron chi connectivity index (χ4n) is 3.63. The normalized spacial score (nSPS) is 20.2. The number of rotatable bonds is 5. The first-order valence-corrected chi connectivity index (χ1v) is 8.93. The summed E-state index contributed by atoms with van der Waals surface area (Å²) in [5.74, 6) is 1.09. The van der Waals surface area contributed by atoms with Gasteiger partial charge in [-0.05, 0) is 30.4 Å². The maximum absolute atomic E-state index is 12.3. The summed E-state index contributed by atoms with van der Waals surface area (Å²) in [7, 11) is 1.59. The zero-order valence-corrected chi connectivity index (χ0v) is 15.5. The lowest BCUT2D eigenvalue weighted by Crippen LogP contribution is -2.44. The molecule has 26 heavy (non-hydrogen) atoms. The van der Waals surface area contributed by atoms with Crippen LogP contribution in [0.15, 0.2) is 28.9 Å². The Balaban J connectivity index is 1.55. The number of hydrogen-bond acceptors (Lipinski definition) is 5. The summed E-state index contributed by atoms with van der Waals surface area (Å²) in [5.41, 5.74) is 1.39. The van der Waals surface area contributed by atoms with Crippen LogP contribution in [0.4, 0.5) is 0 Å². The molecule has 0 spiro atoms. The highest BCUT2D eigenvalue weighted by molar-refractivity contribution is 5.87. The number of carbonyl (C=O) groups is 2. The lowest BCUT2D eigenvalue weighted by atomic mass is 9.92. The molecule has 1 saturated heterocycles. The second-order valence-corrected chi connectivity index (χ2v) is 7.21. The number of benzene rings is 1. The third kappa shape index (κ3) is 4.18. The van der Waals surface area contributed by atoms with E-state index in [4.69, 9.17) is 13.9 Å². The molecule has 1 aromatic carbocycles. The van der Waals surface area contributed by atoms with Gasteiger partial charge in [0.1, 0.15) is 11.3 Å². The van der Waals surface area contributed by atoms with Crippen LogP contribution >= 0.6 is 0 Å². The van der Waals surface area contributed by atoms with E-state index in [0.29, 0.717) is 23.2 Å².